The molecule has 2 N–H and O–H groups in total. The van der Waals surface area contributed by atoms with Gasteiger partial charge in [0.2, 0.25) is 11.7 Å². The predicted molar refractivity (Wildman–Crippen MR) is 108 cm³/mol. The molecule has 0 bridgehead atoms. The molecule has 0 radical (unpaired) electrons. The number of aliphatic hydroxyl groups is 1. The summed E-state index contributed by atoms with van der Waals surface area (Å²) in [7, 11) is 0. The van der Waals surface area contributed by atoms with Crippen LogP contribution in [-0.2, 0) is 6.42 Å². The summed E-state index contributed by atoms with van der Waals surface area (Å²) >= 11 is 0. The van der Waals surface area contributed by atoms with Crippen LogP contribution < -0.4 is 5.69 Å². The van der Waals surface area contributed by atoms with Crippen LogP contribution in [0.25, 0.3) is 5.69 Å². The molecule has 29 heavy (non-hydrogen) atoms. The fraction of sp³-hybridized carbons (Fsp3) is 0.333. The average Bonchev–Trinajstić information content (AvgIpc) is 3.30. The van der Waals surface area contributed by atoms with Gasteiger partial charge in [-0.1, -0.05) is 6.92 Å². The van der Waals surface area contributed by atoms with Crippen LogP contribution in [0.15, 0.2) is 41.5 Å². The van der Waals surface area contributed by atoms with Crippen molar-refractivity contribution in [2.24, 2.45) is 0 Å². The fourth-order valence-electron chi connectivity index (χ4n) is 3.27. The molecule has 2 heterocycles. The highest BCUT2D eigenvalue weighted by Gasteiger charge is 2.25. The highest BCUT2D eigenvalue weighted by molar-refractivity contribution is 6.10. The molecule has 0 aliphatic carbocycles. The second kappa shape index (κ2) is 8.83. The SMILES string of the molecule is CCc1[nH]c(=O)n(C(=O)CCCCO)c1C(=O)c1ccc(-n2ccnc2C)cc1. The summed E-state index contributed by atoms with van der Waals surface area (Å²) < 4.78 is 2.83. The lowest BCUT2D eigenvalue weighted by atomic mass is 10.0. The number of carbonyl (C=O) groups is 2. The molecule has 0 spiro atoms. The molecule has 0 saturated heterocycles. The van der Waals surface area contributed by atoms with Gasteiger partial charge in [0.05, 0.1) is 0 Å². The van der Waals surface area contributed by atoms with Gasteiger partial charge in [-0.25, -0.2) is 14.3 Å². The molecule has 0 aliphatic rings. The smallest absolute Gasteiger partial charge is 0.333 e. The van der Waals surface area contributed by atoms with Crippen LogP contribution in [0.4, 0.5) is 0 Å². The zero-order valence-electron chi connectivity index (χ0n) is 16.5. The van der Waals surface area contributed by atoms with Gasteiger partial charge in [0, 0.05) is 42.4 Å². The van der Waals surface area contributed by atoms with Crippen molar-refractivity contribution in [1.29, 1.82) is 0 Å². The van der Waals surface area contributed by atoms with Crippen molar-refractivity contribution in [2.45, 2.75) is 39.5 Å². The summed E-state index contributed by atoms with van der Waals surface area (Å²) in [6.07, 6.45) is 4.93. The normalized spacial score (nSPS) is 11.0. The number of ketones is 1. The Morgan fingerprint density at radius 2 is 1.90 bits per heavy atom. The van der Waals surface area contributed by atoms with Crippen LogP contribution in [0.2, 0.25) is 0 Å². The van der Waals surface area contributed by atoms with E-state index in [0.717, 1.165) is 16.1 Å². The Balaban J connectivity index is 1.95. The zero-order chi connectivity index (χ0) is 21.0. The van der Waals surface area contributed by atoms with Crippen molar-refractivity contribution in [3.05, 3.63) is 69.9 Å². The van der Waals surface area contributed by atoms with Crippen molar-refractivity contribution >= 4 is 11.7 Å². The molecular formula is C21H24N4O4. The lowest BCUT2D eigenvalue weighted by Crippen LogP contribution is -2.28. The Labute approximate surface area is 167 Å². The molecule has 0 aliphatic heterocycles. The van der Waals surface area contributed by atoms with Crippen molar-refractivity contribution in [3.8, 4) is 5.69 Å². The molecule has 3 aromatic rings. The monoisotopic (exact) mass is 396 g/mol. The molecule has 0 unspecified atom stereocenters. The van der Waals surface area contributed by atoms with Crippen LogP contribution in [0.3, 0.4) is 0 Å². The number of carbonyl (C=O) groups excluding carboxylic acids is 2. The highest BCUT2D eigenvalue weighted by atomic mass is 16.3. The third-order valence-electron chi connectivity index (χ3n) is 4.82. The first kappa shape index (κ1) is 20.5. The van der Waals surface area contributed by atoms with E-state index in [1.807, 2.05) is 24.6 Å². The van der Waals surface area contributed by atoms with E-state index in [9.17, 15) is 14.4 Å². The van der Waals surface area contributed by atoms with Gasteiger partial charge in [-0.3, -0.25) is 9.59 Å². The van der Waals surface area contributed by atoms with Crippen molar-refractivity contribution < 1.29 is 14.7 Å². The fourth-order valence-corrected chi connectivity index (χ4v) is 3.27. The number of aromatic amines is 1. The maximum atomic E-state index is 13.2. The lowest BCUT2D eigenvalue weighted by molar-refractivity contribution is 0.0874. The number of nitrogens with zero attached hydrogens (tertiary/aromatic N) is 3. The number of H-pyrrole nitrogens is 1. The Bertz CT molecular complexity index is 1070. The molecule has 8 heteroatoms. The molecular weight excluding hydrogens is 372 g/mol. The van der Waals surface area contributed by atoms with Crippen molar-refractivity contribution in [3.63, 3.8) is 0 Å². The molecule has 0 fully saturated rings. The number of aliphatic hydroxyl groups excluding tert-OH is 1. The maximum absolute atomic E-state index is 13.2. The highest BCUT2D eigenvalue weighted by Crippen LogP contribution is 2.17. The van der Waals surface area contributed by atoms with Gasteiger partial charge >= 0.3 is 5.69 Å². The molecule has 2 aromatic heterocycles. The molecule has 8 nitrogen and oxygen atoms in total. The van der Waals surface area contributed by atoms with Crippen LogP contribution in [-0.4, -0.2) is 42.5 Å². The minimum Gasteiger partial charge on any atom is -0.396 e. The minimum absolute atomic E-state index is 0.0238. The summed E-state index contributed by atoms with van der Waals surface area (Å²) in [5.74, 6) is -0.0108. The second-order valence-corrected chi connectivity index (χ2v) is 6.74. The molecule has 1 aromatic carbocycles. The van der Waals surface area contributed by atoms with E-state index >= 15 is 0 Å². The number of imidazole rings is 2. The Morgan fingerprint density at radius 3 is 2.48 bits per heavy atom. The third kappa shape index (κ3) is 4.12. The van der Waals surface area contributed by atoms with E-state index < -0.39 is 11.6 Å². The van der Waals surface area contributed by atoms with Crippen LogP contribution in [0.5, 0.6) is 0 Å². The summed E-state index contributed by atoms with van der Waals surface area (Å²) in [4.78, 5) is 44.9. The van der Waals surface area contributed by atoms with Crippen molar-refractivity contribution in [2.75, 3.05) is 6.61 Å². The zero-order valence-corrected chi connectivity index (χ0v) is 16.5. The van der Waals surface area contributed by atoms with Gasteiger partial charge in [0.15, 0.2) is 0 Å². The number of benzene rings is 1. The lowest BCUT2D eigenvalue weighted by Gasteiger charge is -2.09. The summed E-state index contributed by atoms with van der Waals surface area (Å²) in [6, 6.07) is 6.95. The van der Waals surface area contributed by atoms with Crippen molar-refractivity contribution in [1.82, 2.24) is 19.1 Å². The number of aryl methyl sites for hydroxylation is 2. The largest absolute Gasteiger partial charge is 0.396 e. The van der Waals surface area contributed by atoms with Crippen LogP contribution >= 0.6 is 0 Å². The molecule has 3 rings (SSSR count). The van der Waals surface area contributed by atoms with Crippen LogP contribution in [0.1, 0.15) is 58.6 Å². The van der Waals surface area contributed by atoms with E-state index in [2.05, 4.69) is 9.97 Å². The average molecular weight is 396 g/mol. The van der Waals surface area contributed by atoms with Gasteiger partial charge in [0.1, 0.15) is 11.5 Å². The van der Waals surface area contributed by atoms with Gasteiger partial charge < -0.3 is 14.7 Å². The first-order valence-corrected chi connectivity index (χ1v) is 9.61. The van der Waals surface area contributed by atoms with Gasteiger partial charge in [-0.15, -0.1) is 0 Å². The number of rotatable bonds is 8. The van der Waals surface area contributed by atoms with Crippen LogP contribution in [0, 0.1) is 6.92 Å². The minimum atomic E-state index is -0.607. The van der Waals surface area contributed by atoms with Gasteiger partial charge in [-0.05, 0) is 50.5 Å². The summed E-state index contributed by atoms with van der Waals surface area (Å²) in [5, 5.41) is 8.90. The Kier molecular flexibility index (Phi) is 6.23. The topological polar surface area (TPSA) is 110 Å². The standard InChI is InChI=1S/C21H24N4O4/c1-3-17-19(25(21(29)23-17)18(27)6-4-5-13-26)20(28)15-7-9-16(10-8-15)24-12-11-22-14(24)2/h7-12,26H,3-6,13H2,1-2H3,(H,23,29). The number of aromatic nitrogens is 4. The Hall–Kier alpha value is -3.26. The van der Waals surface area contributed by atoms with E-state index in [-0.39, 0.29) is 24.5 Å². The number of nitrogens with one attached hydrogen (secondary N) is 1. The van der Waals surface area contributed by atoms with Gasteiger partial charge in [-0.2, -0.15) is 0 Å². The Morgan fingerprint density at radius 1 is 1.17 bits per heavy atom. The van der Waals surface area contributed by atoms with E-state index in [1.165, 1.54) is 0 Å². The van der Waals surface area contributed by atoms with Gasteiger partial charge in [0.25, 0.3) is 0 Å². The predicted octanol–water partition coefficient (Wildman–Crippen LogP) is 2.27. The quantitative estimate of drug-likeness (QED) is 0.448. The summed E-state index contributed by atoms with van der Waals surface area (Å²) in [5.41, 5.74) is 1.16. The number of unbranched alkanes of at least 4 members (excludes halogenated alkanes) is 1. The maximum Gasteiger partial charge on any atom is 0.333 e. The molecule has 0 saturated carbocycles. The first-order valence-electron chi connectivity index (χ1n) is 9.61. The number of hydrogen-bond donors (Lipinski definition) is 2. The summed E-state index contributed by atoms with van der Waals surface area (Å²) in [6.45, 7) is 3.67. The second-order valence-electron chi connectivity index (χ2n) is 6.74. The number of hydrogen-bond acceptors (Lipinski definition) is 5. The van der Waals surface area contributed by atoms with E-state index in [1.54, 1.807) is 30.5 Å². The molecule has 0 amide bonds. The molecule has 152 valence electrons. The third-order valence-corrected chi connectivity index (χ3v) is 4.82. The van der Waals surface area contributed by atoms with E-state index in [4.69, 9.17) is 5.11 Å². The first-order chi connectivity index (χ1) is 14.0. The van der Waals surface area contributed by atoms with E-state index in [0.29, 0.717) is 30.5 Å². The molecule has 0 atom stereocenters.